The van der Waals surface area contributed by atoms with Crippen molar-refractivity contribution in [3.05, 3.63) is 29.8 Å². The van der Waals surface area contributed by atoms with Crippen molar-refractivity contribution in [3.8, 4) is 5.75 Å². The lowest BCUT2D eigenvalue weighted by Crippen LogP contribution is -2.26. The van der Waals surface area contributed by atoms with E-state index in [9.17, 15) is 4.79 Å². The van der Waals surface area contributed by atoms with E-state index in [0.29, 0.717) is 12.8 Å². The third-order valence-electron chi connectivity index (χ3n) is 3.36. The zero-order valence-electron chi connectivity index (χ0n) is 12.0. The van der Waals surface area contributed by atoms with Crippen molar-refractivity contribution >= 4 is 11.6 Å². The summed E-state index contributed by atoms with van der Waals surface area (Å²) in [5, 5.41) is 4.14. The fourth-order valence-electron chi connectivity index (χ4n) is 2.21. The van der Waals surface area contributed by atoms with Crippen molar-refractivity contribution in [2.45, 2.75) is 45.4 Å². The van der Waals surface area contributed by atoms with Gasteiger partial charge in [-0.25, -0.2) is 5.43 Å². The smallest absolute Gasteiger partial charge is 0.240 e. The highest BCUT2D eigenvalue weighted by molar-refractivity contribution is 6.05. The van der Waals surface area contributed by atoms with E-state index in [2.05, 4.69) is 17.5 Å². The standard InChI is InChI=1S/C16H22N2O2/c1-2-3-4-7-12-20-15-9-6-5-8-13(15)14-10-11-16(19)18-17-14/h5-6,8-9H,2-4,7,10-12H2,1H3,(H,18,19). The molecular weight excluding hydrogens is 252 g/mol. The molecule has 4 nitrogen and oxygen atoms in total. The highest BCUT2D eigenvalue weighted by atomic mass is 16.5. The van der Waals surface area contributed by atoms with Gasteiger partial charge in [0.25, 0.3) is 0 Å². The van der Waals surface area contributed by atoms with Crippen molar-refractivity contribution in [3.63, 3.8) is 0 Å². The molecular formula is C16H22N2O2. The minimum atomic E-state index is -0.0216. The first-order valence-corrected chi connectivity index (χ1v) is 7.39. The minimum Gasteiger partial charge on any atom is -0.493 e. The quantitative estimate of drug-likeness (QED) is 0.776. The number of nitrogens with zero attached hydrogens (tertiary/aromatic N) is 1. The monoisotopic (exact) mass is 274 g/mol. The van der Waals surface area contributed by atoms with Crippen LogP contribution in [0.3, 0.4) is 0 Å². The maximum Gasteiger partial charge on any atom is 0.240 e. The Morgan fingerprint density at radius 1 is 1.20 bits per heavy atom. The van der Waals surface area contributed by atoms with Gasteiger partial charge in [-0.1, -0.05) is 38.3 Å². The predicted octanol–water partition coefficient (Wildman–Crippen LogP) is 3.26. The highest BCUT2D eigenvalue weighted by Crippen LogP contribution is 2.22. The van der Waals surface area contributed by atoms with Crippen LogP contribution in [0.4, 0.5) is 0 Å². The fraction of sp³-hybridized carbons (Fsp3) is 0.500. The molecule has 1 aromatic carbocycles. The number of benzene rings is 1. The van der Waals surface area contributed by atoms with Gasteiger partial charge in [-0.2, -0.15) is 5.10 Å². The number of carbonyl (C=O) groups excluding carboxylic acids is 1. The molecule has 0 saturated heterocycles. The first-order chi connectivity index (χ1) is 9.81. The molecule has 0 bridgehead atoms. The summed E-state index contributed by atoms with van der Waals surface area (Å²) in [6, 6.07) is 7.90. The number of para-hydroxylation sites is 1. The third-order valence-corrected chi connectivity index (χ3v) is 3.36. The number of hydrogen-bond donors (Lipinski definition) is 1. The lowest BCUT2D eigenvalue weighted by atomic mass is 10.0. The molecule has 0 aliphatic carbocycles. The largest absolute Gasteiger partial charge is 0.493 e. The van der Waals surface area contributed by atoms with Crippen molar-refractivity contribution in [1.29, 1.82) is 0 Å². The predicted molar refractivity (Wildman–Crippen MR) is 80.0 cm³/mol. The zero-order valence-corrected chi connectivity index (χ0v) is 12.0. The van der Waals surface area contributed by atoms with Crippen LogP contribution >= 0.6 is 0 Å². The van der Waals surface area contributed by atoms with Crippen LogP contribution in [0.5, 0.6) is 5.75 Å². The van der Waals surface area contributed by atoms with Crippen LogP contribution in [-0.2, 0) is 4.79 Å². The van der Waals surface area contributed by atoms with Gasteiger partial charge in [0.2, 0.25) is 5.91 Å². The molecule has 0 aromatic heterocycles. The number of hydrogen-bond acceptors (Lipinski definition) is 3. The van der Waals surface area contributed by atoms with Crippen LogP contribution in [0.2, 0.25) is 0 Å². The molecule has 1 amide bonds. The minimum absolute atomic E-state index is 0.0216. The molecule has 108 valence electrons. The summed E-state index contributed by atoms with van der Waals surface area (Å²) in [5.41, 5.74) is 4.42. The SMILES string of the molecule is CCCCCCOc1ccccc1C1=NNC(=O)CC1. The molecule has 1 N–H and O–H groups in total. The Morgan fingerprint density at radius 2 is 2.05 bits per heavy atom. The van der Waals surface area contributed by atoms with Crippen molar-refractivity contribution < 1.29 is 9.53 Å². The average molecular weight is 274 g/mol. The average Bonchev–Trinajstić information content (AvgIpc) is 2.48. The first kappa shape index (κ1) is 14.6. The topological polar surface area (TPSA) is 50.7 Å². The molecule has 0 radical (unpaired) electrons. The Hall–Kier alpha value is -1.84. The Balaban J connectivity index is 1.97. The van der Waals surface area contributed by atoms with Gasteiger partial charge in [0.15, 0.2) is 0 Å². The molecule has 0 unspecified atom stereocenters. The van der Waals surface area contributed by atoms with Crippen molar-refractivity contribution in [2.24, 2.45) is 5.10 Å². The van der Waals surface area contributed by atoms with Gasteiger partial charge >= 0.3 is 0 Å². The molecule has 1 heterocycles. The van der Waals surface area contributed by atoms with Crippen LogP contribution < -0.4 is 10.2 Å². The van der Waals surface area contributed by atoms with Gasteiger partial charge in [0.05, 0.1) is 12.3 Å². The molecule has 0 fully saturated rings. The molecule has 0 atom stereocenters. The summed E-state index contributed by atoms with van der Waals surface area (Å²) in [5.74, 6) is 0.839. The van der Waals surface area contributed by atoms with Crippen LogP contribution in [0.15, 0.2) is 29.4 Å². The molecule has 20 heavy (non-hydrogen) atoms. The number of hydrazone groups is 1. The van der Waals surface area contributed by atoms with E-state index in [0.717, 1.165) is 30.1 Å². The van der Waals surface area contributed by atoms with Gasteiger partial charge in [-0.05, 0) is 18.6 Å². The first-order valence-electron chi connectivity index (χ1n) is 7.39. The zero-order chi connectivity index (χ0) is 14.2. The number of carbonyl (C=O) groups is 1. The number of ether oxygens (including phenoxy) is 1. The summed E-state index contributed by atoms with van der Waals surface area (Å²) in [7, 11) is 0. The summed E-state index contributed by atoms with van der Waals surface area (Å²) >= 11 is 0. The molecule has 0 saturated carbocycles. The van der Waals surface area contributed by atoms with Crippen LogP contribution in [0.25, 0.3) is 0 Å². The van der Waals surface area contributed by atoms with Gasteiger partial charge in [0, 0.05) is 18.4 Å². The van der Waals surface area contributed by atoms with Gasteiger partial charge in [0.1, 0.15) is 5.75 Å². The van der Waals surface area contributed by atoms with Crippen LogP contribution in [0, 0.1) is 0 Å². The Labute approximate surface area is 120 Å². The van der Waals surface area contributed by atoms with E-state index in [1.54, 1.807) is 0 Å². The summed E-state index contributed by atoms with van der Waals surface area (Å²) < 4.78 is 5.87. The molecule has 2 rings (SSSR count). The maximum atomic E-state index is 11.1. The van der Waals surface area contributed by atoms with E-state index in [-0.39, 0.29) is 5.91 Å². The second-order valence-electron chi connectivity index (χ2n) is 5.00. The lowest BCUT2D eigenvalue weighted by Gasteiger charge is -2.16. The molecule has 0 spiro atoms. The lowest BCUT2D eigenvalue weighted by molar-refractivity contribution is -0.121. The van der Waals surface area contributed by atoms with Gasteiger partial charge in [-0.3, -0.25) is 4.79 Å². The Bertz CT molecular complexity index is 483. The Kier molecular flexibility index (Phi) is 5.59. The second-order valence-corrected chi connectivity index (χ2v) is 5.00. The van der Waals surface area contributed by atoms with Gasteiger partial charge < -0.3 is 4.74 Å². The van der Waals surface area contributed by atoms with E-state index in [4.69, 9.17) is 4.74 Å². The molecule has 1 aliphatic heterocycles. The van der Waals surface area contributed by atoms with E-state index >= 15 is 0 Å². The van der Waals surface area contributed by atoms with E-state index in [1.165, 1.54) is 19.3 Å². The third kappa shape index (κ3) is 4.08. The molecule has 1 aliphatic rings. The molecule has 4 heteroatoms. The number of unbranched alkanes of at least 4 members (excludes halogenated alkanes) is 3. The summed E-state index contributed by atoms with van der Waals surface area (Å²) in [6.45, 7) is 2.93. The van der Waals surface area contributed by atoms with Crippen LogP contribution in [0.1, 0.15) is 51.0 Å². The summed E-state index contributed by atoms with van der Waals surface area (Å²) in [6.07, 6.45) is 5.92. The van der Waals surface area contributed by atoms with Crippen molar-refractivity contribution in [1.82, 2.24) is 5.43 Å². The Morgan fingerprint density at radius 3 is 2.80 bits per heavy atom. The second kappa shape index (κ2) is 7.68. The maximum absolute atomic E-state index is 11.1. The number of amides is 1. The normalized spacial score (nSPS) is 14.7. The summed E-state index contributed by atoms with van der Waals surface area (Å²) in [4.78, 5) is 11.1. The van der Waals surface area contributed by atoms with Crippen LogP contribution in [-0.4, -0.2) is 18.2 Å². The number of nitrogens with one attached hydrogen (secondary N) is 1. The van der Waals surface area contributed by atoms with Crippen molar-refractivity contribution in [2.75, 3.05) is 6.61 Å². The van der Waals surface area contributed by atoms with E-state index in [1.807, 2.05) is 24.3 Å². The fourth-order valence-corrected chi connectivity index (χ4v) is 2.21. The van der Waals surface area contributed by atoms with Gasteiger partial charge in [-0.15, -0.1) is 0 Å². The highest BCUT2D eigenvalue weighted by Gasteiger charge is 2.16. The van der Waals surface area contributed by atoms with E-state index < -0.39 is 0 Å². The number of rotatable bonds is 7. The molecule has 1 aromatic rings.